The zero-order valence-electron chi connectivity index (χ0n) is 15.3. The van der Waals surface area contributed by atoms with E-state index in [2.05, 4.69) is 21.3 Å². The van der Waals surface area contributed by atoms with Crippen molar-refractivity contribution in [3.05, 3.63) is 47.0 Å². The smallest absolute Gasteiger partial charge is 0.319 e. The molecule has 1 aliphatic rings. The van der Waals surface area contributed by atoms with Crippen LogP contribution in [0.1, 0.15) is 24.2 Å². The average molecular weight is 403 g/mol. The van der Waals surface area contributed by atoms with Gasteiger partial charge in [0, 0.05) is 23.4 Å². The van der Waals surface area contributed by atoms with Crippen molar-refractivity contribution in [3.63, 3.8) is 0 Å². The van der Waals surface area contributed by atoms with Crippen LogP contribution in [0, 0.1) is 0 Å². The van der Waals surface area contributed by atoms with E-state index in [4.69, 9.17) is 16.3 Å². The second-order valence-electron chi connectivity index (χ2n) is 6.45. The van der Waals surface area contributed by atoms with Crippen molar-refractivity contribution < 1.29 is 19.1 Å². The van der Waals surface area contributed by atoms with Crippen LogP contribution in [0.5, 0.6) is 5.75 Å². The van der Waals surface area contributed by atoms with Gasteiger partial charge in [0.1, 0.15) is 5.75 Å². The molecule has 0 saturated heterocycles. The summed E-state index contributed by atoms with van der Waals surface area (Å²) in [5.74, 6) is -0.217. The number of fused-ring (bicyclic) bond motifs is 1. The third kappa shape index (κ3) is 4.72. The zero-order valence-corrected chi connectivity index (χ0v) is 16.0. The zero-order chi connectivity index (χ0) is 20.3. The predicted molar refractivity (Wildman–Crippen MR) is 107 cm³/mol. The largest absolute Gasteiger partial charge is 0.482 e. The molecule has 0 spiro atoms. The summed E-state index contributed by atoms with van der Waals surface area (Å²) in [6, 6.07) is 9.20. The summed E-state index contributed by atoms with van der Waals surface area (Å²) in [5.41, 5.74) is 1.76. The molecule has 146 valence electrons. The van der Waals surface area contributed by atoms with Crippen LogP contribution < -0.4 is 26.0 Å². The minimum absolute atomic E-state index is 0.0173. The molecule has 0 radical (unpaired) electrons. The minimum atomic E-state index is -0.375. The van der Waals surface area contributed by atoms with Gasteiger partial charge < -0.3 is 26.0 Å². The number of rotatable bonds is 4. The van der Waals surface area contributed by atoms with E-state index < -0.39 is 0 Å². The predicted octanol–water partition coefficient (Wildman–Crippen LogP) is 3.45. The van der Waals surface area contributed by atoms with Crippen molar-refractivity contribution >= 4 is 46.5 Å². The Bertz CT molecular complexity index is 928. The summed E-state index contributed by atoms with van der Waals surface area (Å²) in [5, 5.41) is 11.0. The molecule has 9 heteroatoms. The highest BCUT2D eigenvalue weighted by Crippen LogP contribution is 2.36. The third-order valence-electron chi connectivity index (χ3n) is 3.78. The second-order valence-corrected chi connectivity index (χ2v) is 6.86. The average Bonchev–Trinajstić information content (AvgIpc) is 2.62. The van der Waals surface area contributed by atoms with Crippen molar-refractivity contribution in [3.8, 4) is 5.75 Å². The molecule has 1 aliphatic heterocycles. The van der Waals surface area contributed by atoms with E-state index in [0.717, 1.165) is 0 Å². The molecule has 2 aromatic rings. The summed E-state index contributed by atoms with van der Waals surface area (Å²) >= 11 is 6.19. The second kappa shape index (κ2) is 8.18. The van der Waals surface area contributed by atoms with Gasteiger partial charge in [0.15, 0.2) is 6.61 Å². The normalized spacial score (nSPS) is 12.5. The molecule has 2 aromatic carbocycles. The Morgan fingerprint density at radius 2 is 1.86 bits per heavy atom. The maximum atomic E-state index is 12.5. The van der Waals surface area contributed by atoms with Crippen LogP contribution in [0.25, 0.3) is 0 Å². The molecule has 0 saturated carbocycles. The molecular weight excluding hydrogens is 384 g/mol. The number of urea groups is 1. The molecule has 4 N–H and O–H groups in total. The number of nitrogens with one attached hydrogen (secondary N) is 4. The fourth-order valence-electron chi connectivity index (χ4n) is 2.52. The highest BCUT2D eigenvalue weighted by atomic mass is 35.5. The van der Waals surface area contributed by atoms with Gasteiger partial charge in [-0.25, -0.2) is 4.79 Å². The van der Waals surface area contributed by atoms with E-state index in [9.17, 15) is 14.4 Å². The fraction of sp³-hybridized carbons (Fsp3) is 0.211. The third-order valence-corrected chi connectivity index (χ3v) is 4.09. The lowest BCUT2D eigenvalue weighted by atomic mass is 10.1. The number of amides is 4. The Hall–Kier alpha value is -3.26. The van der Waals surface area contributed by atoms with Gasteiger partial charge >= 0.3 is 6.03 Å². The molecule has 3 rings (SSSR count). The monoisotopic (exact) mass is 402 g/mol. The Morgan fingerprint density at radius 3 is 2.54 bits per heavy atom. The van der Waals surface area contributed by atoms with Crippen molar-refractivity contribution in [1.82, 2.24) is 5.32 Å². The van der Waals surface area contributed by atoms with Gasteiger partial charge in [0.2, 0.25) is 0 Å². The fourth-order valence-corrected chi connectivity index (χ4v) is 2.74. The molecule has 0 bridgehead atoms. The van der Waals surface area contributed by atoms with Crippen molar-refractivity contribution in [2.24, 2.45) is 0 Å². The van der Waals surface area contributed by atoms with Crippen LogP contribution >= 0.6 is 11.6 Å². The lowest BCUT2D eigenvalue weighted by Crippen LogP contribution is -2.34. The first-order valence-electron chi connectivity index (χ1n) is 8.57. The van der Waals surface area contributed by atoms with Gasteiger partial charge in [0.25, 0.3) is 11.8 Å². The summed E-state index contributed by atoms with van der Waals surface area (Å²) in [6.45, 7) is 3.62. The van der Waals surface area contributed by atoms with Crippen LogP contribution in [0.4, 0.5) is 21.9 Å². The van der Waals surface area contributed by atoms with Crippen LogP contribution in [0.15, 0.2) is 36.4 Å². The molecule has 0 aromatic heterocycles. The summed E-state index contributed by atoms with van der Waals surface area (Å²) in [7, 11) is 0. The number of carbonyl (C=O) groups excluding carboxylic acids is 3. The standard InChI is InChI=1S/C19H19ClN4O4/c1-10(2)21-19(27)22-12-5-3-11(4-6-12)18(26)24-14-8-16-15(7-13(14)20)23-17(25)9-28-16/h3-8,10H,9H2,1-2H3,(H,23,25)(H,24,26)(H2,21,22,27). The van der Waals surface area contributed by atoms with Crippen LogP contribution in [0.2, 0.25) is 5.02 Å². The molecule has 0 atom stereocenters. The maximum Gasteiger partial charge on any atom is 0.319 e. The van der Waals surface area contributed by atoms with E-state index in [1.165, 1.54) is 6.07 Å². The summed E-state index contributed by atoms with van der Waals surface area (Å²) in [6.07, 6.45) is 0. The number of hydrogen-bond donors (Lipinski definition) is 4. The Morgan fingerprint density at radius 1 is 1.14 bits per heavy atom. The van der Waals surface area contributed by atoms with Gasteiger partial charge in [0.05, 0.1) is 16.4 Å². The van der Waals surface area contributed by atoms with E-state index >= 15 is 0 Å². The Balaban J connectivity index is 1.68. The quantitative estimate of drug-likeness (QED) is 0.628. The molecule has 4 amide bonds. The van der Waals surface area contributed by atoms with E-state index in [1.54, 1.807) is 30.3 Å². The molecular formula is C19H19ClN4O4. The minimum Gasteiger partial charge on any atom is -0.482 e. The molecule has 0 aliphatic carbocycles. The first-order chi connectivity index (χ1) is 13.3. The summed E-state index contributed by atoms with van der Waals surface area (Å²) < 4.78 is 5.33. The highest BCUT2D eigenvalue weighted by Gasteiger charge is 2.19. The first kappa shape index (κ1) is 19.5. The lowest BCUT2D eigenvalue weighted by molar-refractivity contribution is -0.118. The van der Waals surface area contributed by atoms with Gasteiger partial charge in [-0.2, -0.15) is 0 Å². The van der Waals surface area contributed by atoms with Gasteiger partial charge in [-0.15, -0.1) is 0 Å². The van der Waals surface area contributed by atoms with Crippen molar-refractivity contribution in [2.45, 2.75) is 19.9 Å². The van der Waals surface area contributed by atoms with E-state index in [0.29, 0.717) is 28.4 Å². The van der Waals surface area contributed by atoms with E-state index in [-0.39, 0.29) is 35.5 Å². The topological polar surface area (TPSA) is 109 Å². The molecule has 0 fully saturated rings. The molecule has 1 heterocycles. The van der Waals surface area contributed by atoms with E-state index in [1.807, 2.05) is 13.8 Å². The first-order valence-corrected chi connectivity index (χ1v) is 8.95. The molecule has 8 nitrogen and oxygen atoms in total. The SMILES string of the molecule is CC(C)NC(=O)Nc1ccc(C(=O)Nc2cc3c(cc2Cl)NC(=O)CO3)cc1. The Labute approximate surface area is 166 Å². The maximum absolute atomic E-state index is 12.5. The van der Waals surface area contributed by atoms with Crippen molar-refractivity contribution in [2.75, 3.05) is 22.6 Å². The van der Waals surface area contributed by atoms with Crippen LogP contribution in [0.3, 0.4) is 0 Å². The van der Waals surface area contributed by atoms with Gasteiger partial charge in [-0.3, -0.25) is 9.59 Å². The van der Waals surface area contributed by atoms with Crippen molar-refractivity contribution in [1.29, 1.82) is 0 Å². The molecule has 0 unspecified atom stereocenters. The summed E-state index contributed by atoms with van der Waals surface area (Å²) in [4.78, 5) is 35.5. The van der Waals surface area contributed by atoms with Gasteiger partial charge in [-0.05, 0) is 44.2 Å². The van der Waals surface area contributed by atoms with Gasteiger partial charge in [-0.1, -0.05) is 11.6 Å². The number of carbonyl (C=O) groups is 3. The number of halogens is 1. The van der Waals surface area contributed by atoms with Crippen LogP contribution in [-0.4, -0.2) is 30.5 Å². The number of benzene rings is 2. The molecule has 28 heavy (non-hydrogen) atoms. The lowest BCUT2D eigenvalue weighted by Gasteiger charge is -2.19. The highest BCUT2D eigenvalue weighted by molar-refractivity contribution is 6.34. The number of hydrogen-bond acceptors (Lipinski definition) is 4. The number of anilines is 3. The van der Waals surface area contributed by atoms with Crippen LogP contribution in [-0.2, 0) is 4.79 Å². The Kier molecular flexibility index (Phi) is 5.70. The number of ether oxygens (including phenoxy) is 1.